The number of hydrogen-bond acceptors (Lipinski definition) is 5. The van der Waals surface area contributed by atoms with Gasteiger partial charge in [-0.25, -0.2) is 0 Å². The molecular formula is C14H17NO4. The van der Waals surface area contributed by atoms with Gasteiger partial charge in [0.2, 0.25) is 0 Å². The highest BCUT2D eigenvalue weighted by Crippen LogP contribution is 2.42. The number of nitrogens with zero attached hydrogens (tertiary/aromatic N) is 1. The van der Waals surface area contributed by atoms with Crippen LogP contribution in [0, 0.1) is 0 Å². The first-order valence-corrected chi connectivity index (χ1v) is 6.63. The van der Waals surface area contributed by atoms with Crippen molar-refractivity contribution in [3.8, 4) is 0 Å². The zero-order valence-electron chi connectivity index (χ0n) is 10.7. The Morgan fingerprint density at radius 2 is 2.00 bits per heavy atom. The zero-order valence-corrected chi connectivity index (χ0v) is 10.7. The van der Waals surface area contributed by atoms with Crippen LogP contribution in [0.4, 0.5) is 0 Å². The van der Waals surface area contributed by atoms with Crippen LogP contribution in [0.5, 0.6) is 0 Å². The van der Waals surface area contributed by atoms with Gasteiger partial charge in [0.15, 0.2) is 6.29 Å². The summed E-state index contributed by atoms with van der Waals surface area (Å²) in [5, 5.41) is 10.3. The molecule has 1 aromatic rings. The Bertz CT molecular complexity index is 466. The van der Waals surface area contributed by atoms with E-state index in [9.17, 15) is 5.11 Å². The minimum absolute atomic E-state index is 0.0247. The van der Waals surface area contributed by atoms with E-state index in [1.165, 1.54) is 0 Å². The topological polar surface area (TPSA) is 50.9 Å². The van der Waals surface area contributed by atoms with E-state index in [-0.39, 0.29) is 24.5 Å². The molecule has 3 aliphatic heterocycles. The molecule has 1 N–H and O–H groups in total. The third-order valence-corrected chi connectivity index (χ3v) is 4.21. The standard InChI is InChI=1S/C14H17NO4/c1-15-10-11(16)12-9(18-13(10)15)7-17-14(19-12)8-5-3-2-4-6-8/h2-6,9-14,16H,7H2,1H3/t9?,10?,11?,12-,13+,14?,15?/m1/s1. The fourth-order valence-corrected chi connectivity index (χ4v) is 3.04. The van der Waals surface area contributed by atoms with Crippen molar-refractivity contribution in [1.82, 2.24) is 4.90 Å². The molecule has 102 valence electrons. The van der Waals surface area contributed by atoms with Crippen molar-refractivity contribution >= 4 is 0 Å². The molecule has 5 heteroatoms. The van der Waals surface area contributed by atoms with E-state index in [0.29, 0.717) is 6.61 Å². The van der Waals surface area contributed by atoms with Crippen molar-refractivity contribution in [3.05, 3.63) is 35.9 Å². The summed E-state index contributed by atoms with van der Waals surface area (Å²) < 4.78 is 17.5. The Morgan fingerprint density at radius 1 is 1.21 bits per heavy atom. The zero-order chi connectivity index (χ0) is 13.0. The number of likely N-dealkylation sites (N-methyl/N-ethyl adjacent to an activating group) is 1. The molecule has 5 unspecified atom stereocenters. The van der Waals surface area contributed by atoms with Gasteiger partial charge in [0.1, 0.15) is 24.5 Å². The Kier molecular flexibility index (Phi) is 2.65. The summed E-state index contributed by atoms with van der Waals surface area (Å²) in [6, 6.07) is 9.85. The molecule has 1 aromatic carbocycles. The average molecular weight is 263 g/mol. The minimum atomic E-state index is -0.510. The fraction of sp³-hybridized carbons (Fsp3) is 0.571. The normalized spacial score (nSPS) is 48.2. The van der Waals surface area contributed by atoms with Gasteiger partial charge in [-0.05, 0) is 7.05 Å². The fourth-order valence-electron chi connectivity index (χ4n) is 3.04. The molecule has 3 heterocycles. The lowest BCUT2D eigenvalue weighted by Gasteiger charge is -2.40. The number of ether oxygens (including phenoxy) is 3. The van der Waals surface area contributed by atoms with Gasteiger partial charge in [-0.2, -0.15) is 0 Å². The molecule has 5 nitrogen and oxygen atoms in total. The van der Waals surface area contributed by atoms with Crippen LogP contribution in [0.3, 0.4) is 0 Å². The molecule has 4 rings (SSSR count). The number of aliphatic hydroxyl groups excluding tert-OH is 1. The van der Waals surface area contributed by atoms with Crippen LogP contribution in [-0.2, 0) is 14.2 Å². The minimum Gasteiger partial charge on any atom is -0.389 e. The first-order valence-electron chi connectivity index (χ1n) is 6.63. The van der Waals surface area contributed by atoms with Crippen LogP contribution >= 0.6 is 0 Å². The van der Waals surface area contributed by atoms with E-state index in [0.717, 1.165) is 5.56 Å². The molecule has 0 radical (unpaired) electrons. The second-order valence-electron chi connectivity index (χ2n) is 5.39. The highest BCUT2D eigenvalue weighted by atomic mass is 16.7. The van der Waals surface area contributed by atoms with Gasteiger partial charge in [-0.1, -0.05) is 30.3 Å². The summed E-state index contributed by atoms with van der Waals surface area (Å²) in [6.45, 7) is 0.457. The number of aliphatic hydroxyl groups is 1. The average Bonchev–Trinajstić information content (AvgIpc) is 3.10. The smallest absolute Gasteiger partial charge is 0.184 e. The number of benzene rings is 1. The van der Waals surface area contributed by atoms with E-state index in [1.807, 2.05) is 42.3 Å². The van der Waals surface area contributed by atoms with Gasteiger partial charge in [-0.3, -0.25) is 4.90 Å². The Balaban J connectivity index is 1.53. The lowest BCUT2D eigenvalue weighted by Crippen LogP contribution is -2.54. The quantitative estimate of drug-likeness (QED) is 0.748. The molecule has 19 heavy (non-hydrogen) atoms. The maximum atomic E-state index is 10.3. The van der Waals surface area contributed by atoms with E-state index in [2.05, 4.69) is 0 Å². The summed E-state index contributed by atoms with van der Waals surface area (Å²) >= 11 is 0. The van der Waals surface area contributed by atoms with E-state index >= 15 is 0 Å². The monoisotopic (exact) mass is 263 g/mol. The molecule has 0 aliphatic carbocycles. The van der Waals surface area contributed by atoms with Gasteiger partial charge >= 0.3 is 0 Å². The number of rotatable bonds is 1. The first-order chi connectivity index (χ1) is 9.25. The van der Waals surface area contributed by atoms with Gasteiger partial charge in [0, 0.05) is 5.56 Å². The third kappa shape index (κ3) is 1.81. The summed E-state index contributed by atoms with van der Waals surface area (Å²) in [6.07, 6.45) is -1.40. The highest BCUT2D eigenvalue weighted by molar-refractivity contribution is 5.17. The van der Waals surface area contributed by atoms with Gasteiger partial charge in [0.05, 0.1) is 12.6 Å². The maximum Gasteiger partial charge on any atom is 0.184 e. The van der Waals surface area contributed by atoms with Crippen LogP contribution < -0.4 is 0 Å². The van der Waals surface area contributed by atoms with Crippen LogP contribution in [0.15, 0.2) is 30.3 Å². The van der Waals surface area contributed by atoms with E-state index < -0.39 is 12.4 Å². The first kappa shape index (κ1) is 11.8. The third-order valence-electron chi connectivity index (χ3n) is 4.21. The largest absolute Gasteiger partial charge is 0.389 e. The van der Waals surface area contributed by atoms with Gasteiger partial charge in [0.25, 0.3) is 0 Å². The van der Waals surface area contributed by atoms with Gasteiger partial charge in [-0.15, -0.1) is 0 Å². The van der Waals surface area contributed by atoms with Gasteiger partial charge < -0.3 is 19.3 Å². The molecule has 7 atom stereocenters. The summed E-state index contributed by atoms with van der Waals surface area (Å²) in [5.74, 6) is 0. The maximum absolute atomic E-state index is 10.3. The molecule has 3 saturated heterocycles. The Morgan fingerprint density at radius 3 is 2.79 bits per heavy atom. The van der Waals surface area contributed by atoms with Crippen LogP contribution in [-0.4, -0.2) is 54.2 Å². The van der Waals surface area contributed by atoms with Crippen molar-refractivity contribution in [2.24, 2.45) is 0 Å². The van der Waals surface area contributed by atoms with E-state index in [1.54, 1.807) is 0 Å². The Hall–Kier alpha value is -0.980. The lowest BCUT2D eigenvalue weighted by molar-refractivity contribution is -0.296. The Labute approximate surface area is 111 Å². The molecule has 0 bridgehead atoms. The van der Waals surface area contributed by atoms with Crippen LogP contribution in [0.2, 0.25) is 0 Å². The summed E-state index contributed by atoms with van der Waals surface area (Å²) in [5.41, 5.74) is 0.972. The molecule has 3 fully saturated rings. The second kappa shape index (κ2) is 4.26. The molecule has 0 saturated carbocycles. The van der Waals surface area contributed by atoms with Crippen molar-refractivity contribution in [3.63, 3.8) is 0 Å². The molecule has 0 spiro atoms. The molecule has 0 aromatic heterocycles. The number of hydrogen-bond donors (Lipinski definition) is 1. The lowest BCUT2D eigenvalue weighted by atomic mass is 10.0. The van der Waals surface area contributed by atoms with Crippen molar-refractivity contribution in [1.29, 1.82) is 0 Å². The second-order valence-corrected chi connectivity index (χ2v) is 5.39. The van der Waals surface area contributed by atoms with Crippen LogP contribution in [0.25, 0.3) is 0 Å². The van der Waals surface area contributed by atoms with Crippen molar-refractivity contribution in [2.45, 2.75) is 36.9 Å². The predicted molar refractivity (Wildman–Crippen MR) is 66.2 cm³/mol. The molecule has 0 amide bonds. The predicted octanol–water partition coefficient (Wildman–Crippen LogP) is 0.500. The number of fused-ring (bicyclic) bond motifs is 2. The van der Waals surface area contributed by atoms with E-state index in [4.69, 9.17) is 14.2 Å². The summed E-state index contributed by atoms with van der Waals surface area (Å²) in [4.78, 5) is 2.02. The summed E-state index contributed by atoms with van der Waals surface area (Å²) in [7, 11) is 1.95. The molecular weight excluding hydrogens is 246 g/mol. The molecule has 3 aliphatic rings. The highest BCUT2D eigenvalue weighted by Gasteiger charge is 2.60. The van der Waals surface area contributed by atoms with Crippen molar-refractivity contribution in [2.75, 3.05) is 13.7 Å². The van der Waals surface area contributed by atoms with Crippen molar-refractivity contribution < 1.29 is 19.3 Å². The SMILES string of the molecule is CN1C2C(O)[C@@H]3OC(c4ccccc4)OCC3O[C@@H]21. The van der Waals surface area contributed by atoms with Crippen LogP contribution in [0.1, 0.15) is 11.9 Å².